The van der Waals surface area contributed by atoms with Crippen molar-refractivity contribution in [2.45, 2.75) is 32.7 Å². The van der Waals surface area contributed by atoms with Gasteiger partial charge in [-0.1, -0.05) is 0 Å². The maximum atomic E-state index is 10.4. The molecule has 72 valence electrons. The fraction of sp³-hybridized carbons (Fsp3) is 0.714. The molecule has 1 aromatic heterocycles. The average Bonchev–Trinajstić information content (AvgIpc) is 2.31. The number of carboxylic acids is 1. The van der Waals surface area contributed by atoms with Crippen molar-refractivity contribution >= 4 is 5.97 Å². The van der Waals surface area contributed by atoms with Gasteiger partial charge in [-0.05, 0) is 31.2 Å². The molecule has 1 aromatic rings. The van der Waals surface area contributed by atoms with Gasteiger partial charge in [-0.2, -0.15) is 0 Å². The van der Waals surface area contributed by atoms with Crippen molar-refractivity contribution in [2.24, 2.45) is 0 Å². The van der Waals surface area contributed by atoms with Crippen LogP contribution in [0.15, 0.2) is 0 Å². The highest BCUT2D eigenvalue weighted by atomic mass is 16.4. The number of rotatable bonds is 2. The number of tetrazole rings is 1. The summed E-state index contributed by atoms with van der Waals surface area (Å²) in [5, 5.41) is 19.4. The van der Waals surface area contributed by atoms with Gasteiger partial charge in [0, 0.05) is 0 Å². The monoisotopic (exact) mass is 184 g/mol. The molecule has 0 aliphatic heterocycles. The molecule has 0 aliphatic carbocycles. The quantitative estimate of drug-likeness (QED) is 0.702. The van der Waals surface area contributed by atoms with Crippen LogP contribution in [0.2, 0.25) is 0 Å². The molecule has 6 heteroatoms. The van der Waals surface area contributed by atoms with Gasteiger partial charge in [0.25, 0.3) is 0 Å². The first-order valence-electron chi connectivity index (χ1n) is 3.91. The molecular formula is C7H12N4O2. The standard InChI is InChI=1S/C7H12N4O2/c1-7(2,3)11-5(4-6(12)13)8-9-10-11/h4H2,1-3H3,(H,12,13). The van der Waals surface area contributed by atoms with E-state index in [4.69, 9.17) is 5.11 Å². The van der Waals surface area contributed by atoms with Crippen LogP contribution >= 0.6 is 0 Å². The van der Waals surface area contributed by atoms with E-state index >= 15 is 0 Å². The minimum atomic E-state index is -0.930. The van der Waals surface area contributed by atoms with Crippen molar-refractivity contribution in [3.05, 3.63) is 5.82 Å². The predicted octanol–water partition coefficient (Wildman–Crippen LogP) is 0.0552. The minimum Gasteiger partial charge on any atom is -0.481 e. The van der Waals surface area contributed by atoms with Crippen LogP contribution in [0.25, 0.3) is 0 Å². The molecule has 0 unspecified atom stereocenters. The van der Waals surface area contributed by atoms with Gasteiger partial charge in [0.2, 0.25) is 0 Å². The number of nitrogens with zero attached hydrogens (tertiary/aromatic N) is 4. The zero-order chi connectivity index (χ0) is 10.1. The number of aliphatic carboxylic acids is 1. The van der Waals surface area contributed by atoms with Crippen LogP contribution in [0.4, 0.5) is 0 Å². The molecule has 1 rings (SSSR count). The Morgan fingerprint density at radius 3 is 2.62 bits per heavy atom. The molecule has 6 nitrogen and oxygen atoms in total. The van der Waals surface area contributed by atoms with E-state index in [-0.39, 0.29) is 12.0 Å². The van der Waals surface area contributed by atoms with E-state index in [2.05, 4.69) is 15.5 Å². The molecule has 13 heavy (non-hydrogen) atoms. The first-order chi connectivity index (χ1) is 5.91. The highest BCUT2D eigenvalue weighted by Crippen LogP contribution is 2.13. The van der Waals surface area contributed by atoms with Crippen LogP contribution in [0.5, 0.6) is 0 Å². The molecule has 0 aromatic carbocycles. The van der Waals surface area contributed by atoms with Gasteiger partial charge in [0.15, 0.2) is 5.82 Å². The summed E-state index contributed by atoms with van der Waals surface area (Å²) in [7, 11) is 0. The first kappa shape index (κ1) is 9.63. The van der Waals surface area contributed by atoms with Gasteiger partial charge >= 0.3 is 5.97 Å². The maximum absolute atomic E-state index is 10.4. The van der Waals surface area contributed by atoms with Gasteiger partial charge in [-0.3, -0.25) is 4.79 Å². The van der Waals surface area contributed by atoms with E-state index in [1.807, 2.05) is 20.8 Å². The summed E-state index contributed by atoms with van der Waals surface area (Å²) in [4.78, 5) is 10.4. The Balaban J connectivity index is 2.96. The average molecular weight is 184 g/mol. The van der Waals surface area contributed by atoms with Crippen molar-refractivity contribution in [1.29, 1.82) is 0 Å². The van der Waals surface area contributed by atoms with Gasteiger partial charge in [0.1, 0.15) is 6.42 Å². The van der Waals surface area contributed by atoms with Crippen molar-refractivity contribution in [3.63, 3.8) is 0 Å². The van der Waals surface area contributed by atoms with Crippen LogP contribution in [-0.2, 0) is 16.8 Å². The summed E-state index contributed by atoms with van der Waals surface area (Å²) < 4.78 is 1.52. The summed E-state index contributed by atoms with van der Waals surface area (Å²) in [6.45, 7) is 5.73. The molecule has 1 heterocycles. The second kappa shape index (κ2) is 3.12. The van der Waals surface area contributed by atoms with E-state index in [1.165, 1.54) is 4.68 Å². The van der Waals surface area contributed by atoms with Gasteiger partial charge in [-0.25, -0.2) is 4.68 Å². The molecule has 0 spiro atoms. The molecule has 0 saturated carbocycles. The summed E-state index contributed by atoms with van der Waals surface area (Å²) >= 11 is 0. The van der Waals surface area contributed by atoms with Crippen LogP contribution in [0, 0.1) is 0 Å². The molecule has 0 atom stereocenters. The van der Waals surface area contributed by atoms with Crippen LogP contribution in [-0.4, -0.2) is 31.3 Å². The lowest BCUT2D eigenvalue weighted by atomic mass is 10.1. The Hall–Kier alpha value is -1.46. The highest BCUT2D eigenvalue weighted by Gasteiger charge is 2.20. The Kier molecular flexibility index (Phi) is 2.31. The van der Waals surface area contributed by atoms with Gasteiger partial charge < -0.3 is 5.11 Å². The largest absolute Gasteiger partial charge is 0.481 e. The molecular weight excluding hydrogens is 172 g/mol. The topological polar surface area (TPSA) is 80.9 Å². The Labute approximate surface area is 75.6 Å². The zero-order valence-electron chi connectivity index (χ0n) is 7.85. The number of carbonyl (C=O) groups is 1. The summed E-state index contributed by atoms with van der Waals surface area (Å²) in [5.74, 6) is -0.555. The summed E-state index contributed by atoms with van der Waals surface area (Å²) in [5.41, 5.74) is -0.283. The van der Waals surface area contributed by atoms with Gasteiger partial charge in [-0.15, -0.1) is 5.10 Å². The van der Waals surface area contributed by atoms with E-state index in [9.17, 15) is 4.79 Å². The van der Waals surface area contributed by atoms with Crippen LogP contribution < -0.4 is 0 Å². The number of aromatic nitrogens is 4. The van der Waals surface area contributed by atoms with Gasteiger partial charge in [0.05, 0.1) is 5.54 Å². The lowest BCUT2D eigenvalue weighted by Gasteiger charge is -2.19. The fourth-order valence-corrected chi connectivity index (χ4v) is 0.972. The second-order valence-electron chi connectivity index (χ2n) is 3.75. The summed E-state index contributed by atoms with van der Waals surface area (Å²) in [6.07, 6.45) is -0.149. The number of hydrogen-bond acceptors (Lipinski definition) is 4. The van der Waals surface area contributed by atoms with E-state index in [1.54, 1.807) is 0 Å². The van der Waals surface area contributed by atoms with Crippen LogP contribution in [0.3, 0.4) is 0 Å². The van der Waals surface area contributed by atoms with E-state index < -0.39 is 5.97 Å². The Bertz CT molecular complexity index is 313. The van der Waals surface area contributed by atoms with Crippen molar-refractivity contribution in [3.8, 4) is 0 Å². The van der Waals surface area contributed by atoms with Crippen molar-refractivity contribution < 1.29 is 9.90 Å². The lowest BCUT2D eigenvalue weighted by Crippen LogP contribution is -2.26. The normalized spacial score (nSPS) is 11.6. The molecule has 0 amide bonds. The smallest absolute Gasteiger partial charge is 0.311 e. The van der Waals surface area contributed by atoms with Crippen molar-refractivity contribution in [2.75, 3.05) is 0 Å². The second-order valence-corrected chi connectivity index (χ2v) is 3.75. The Morgan fingerprint density at radius 1 is 1.54 bits per heavy atom. The zero-order valence-corrected chi connectivity index (χ0v) is 7.85. The predicted molar refractivity (Wildman–Crippen MR) is 44.2 cm³/mol. The summed E-state index contributed by atoms with van der Waals surface area (Å²) in [6, 6.07) is 0. The Morgan fingerprint density at radius 2 is 2.15 bits per heavy atom. The third-order valence-electron chi connectivity index (χ3n) is 1.48. The SMILES string of the molecule is CC(C)(C)n1nnnc1CC(=O)O. The van der Waals surface area contributed by atoms with E-state index in [0.29, 0.717) is 5.82 Å². The molecule has 0 aliphatic rings. The molecule has 1 N–H and O–H groups in total. The third kappa shape index (κ3) is 2.24. The number of carboxylic acid groups (broad SMARTS) is 1. The molecule has 0 saturated heterocycles. The van der Waals surface area contributed by atoms with Crippen molar-refractivity contribution in [1.82, 2.24) is 20.2 Å². The fourth-order valence-electron chi connectivity index (χ4n) is 0.972. The van der Waals surface area contributed by atoms with Crippen LogP contribution in [0.1, 0.15) is 26.6 Å². The van der Waals surface area contributed by atoms with E-state index in [0.717, 1.165) is 0 Å². The molecule has 0 bridgehead atoms. The third-order valence-corrected chi connectivity index (χ3v) is 1.48. The lowest BCUT2D eigenvalue weighted by molar-refractivity contribution is -0.136. The molecule has 0 fully saturated rings. The molecule has 0 radical (unpaired) electrons. The minimum absolute atomic E-state index is 0.149. The maximum Gasteiger partial charge on any atom is 0.311 e. The highest BCUT2D eigenvalue weighted by molar-refractivity contribution is 5.68. The first-order valence-corrected chi connectivity index (χ1v) is 3.91. The number of hydrogen-bond donors (Lipinski definition) is 1.